The summed E-state index contributed by atoms with van der Waals surface area (Å²) in [6.45, 7) is 4.28. The third-order valence-electron chi connectivity index (χ3n) is 4.75. The van der Waals surface area contributed by atoms with E-state index in [4.69, 9.17) is 0 Å². The number of benzene rings is 1. The van der Waals surface area contributed by atoms with Gasteiger partial charge >= 0.3 is 5.97 Å². The molecule has 2 heterocycles. The zero-order valence-electron chi connectivity index (χ0n) is 13.8. The summed E-state index contributed by atoms with van der Waals surface area (Å²) in [5.41, 5.74) is 1.77. The summed E-state index contributed by atoms with van der Waals surface area (Å²) in [4.78, 5) is 30.8. The number of hydrogen-bond acceptors (Lipinski definition) is 3. The van der Waals surface area contributed by atoms with Crippen LogP contribution in [0.25, 0.3) is 0 Å². The van der Waals surface area contributed by atoms with Crippen LogP contribution in [0.3, 0.4) is 0 Å². The molecule has 1 fully saturated rings. The molecule has 2 aromatic rings. The summed E-state index contributed by atoms with van der Waals surface area (Å²) in [6, 6.07) is 12.7. The molecule has 1 amide bonds. The number of carbonyl (C=O) groups is 2. The number of pyridine rings is 1. The van der Waals surface area contributed by atoms with Crippen LogP contribution >= 0.6 is 0 Å². The Kier molecular flexibility index (Phi) is 4.09. The van der Waals surface area contributed by atoms with Crippen LogP contribution in [0, 0.1) is 13.8 Å². The molecule has 1 aliphatic rings. The molecule has 1 N–H and O–H groups in total. The lowest BCUT2D eigenvalue weighted by Crippen LogP contribution is -2.40. The van der Waals surface area contributed by atoms with Crippen molar-refractivity contribution in [2.24, 2.45) is 0 Å². The summed E-state index contributed by atoms with van der Waals surface area (Å²) in [7, 11) is 0. The lowest BCUT2D eigenvalue weighted by Gasteiger charge is -2.25. The average Bonchev–Trinajstić information content (AvgIpc) is 3.02. The van der Waals surface area contributed by atoms with Gasteiger partial charge in [0.05, 0.1) is 11.3 Å². The van der Waals surface area contributed by atoms with Crippen LogP contribution < -0.4 is 0 Å². The molecule has 1 atom stereocenters. The molecule has 1 aromatic heterocycles. The molecule has 124 valence electrons. The Balaban J connectivity index is 1.90. The standard InChI is InChI=1S/C19H20N2O3/c1-13-8-9-16(14(2)20-13)17(22)21-11-10-19(12-21,18(23)24)15-6-4-3-5-7-15/h3-9H,10-12H2,1-2H3,(H,23,24). The SMILES string of the molecule is Cc1ccc(C(=O)N2CCC(C(=O)O)(c3ccccc3)C2)c(C)n1. The Hall–Kier alpha value is -2.69. The largest absolute Gasteiger partial charge is 0.481 e. The first-order valence-electron chi connectivity index (χ1n) is 7.96. The van der Waals surface area contributed by atoms with Crippen molar-refractivity contribution in [1.82, 2.24) is 9.88 Å². The zero-order valence-corrected chi connectivity index (χ0v) is 13.8. The molecule has 1 unspecified atom stereocenters. The average molecular weight is 324 g/mol. The second kappa shape index (κ2) is 6.07. The van der Waals surface area contributed by atoms with Gasteiger partial charge in [-0.15, -0.1) is 0 Å². The van der Waals surface area contributed by atoms with Gasteiger partial charge < -0.3 is 10.0 Å². The molecular weight excluding hydrogens is 304 g/mol. The molecule has 0 bridgehead atoms. The van der Waals surface area contributed by atoms with Crippen LogP contribution in [0.2, 0.25) is 0 Å². The van der Waals surface area contributed by atoms with E-state index in [0.717, 1.165) is 11.3 Å². The van der Waals surface area contributed by atoms with E-state index in [1.54, 1.807) is 24.0 Å². The van der Waals surface area contributed by atoms with E-state index >= 15 is 0 Å². The van der Waals surface area contributed by atoms with E-state index in [9.17, 15) is 14.7 Å². The summed E-state index contributed by atoms with van der Waals surface area (Å²) < 4.78 is 0. The fourth-order valence-electron chi connectivity index (χ4n) is 3.36. The molecule has 1 saturated heterocycles. The maximum Gasteiger partial charge on any atom is 0.316 e. The number of aromatic nitrogens is 1. The molecule has 0 spiro atoms. The van der Waals surface area contributed by atoms with Gasteiger partial charge in [-0.3, -0.25) is 14.6 Å². The van der Waals surface area contributed by atoms with Gasteiger partial charge in [0.25, 0.3) is 5.91 Å². The third-order valence-corrected chi connectivity index (χ3v) is 4.75. The van der Waals surface area contributed by atoms with Crippen molar-refractivity contribution in [3.8, 4) is 0 Å². The van der Waals surface area contributed by atoms with Gasteiger partial charge in [-0.25, -0.2) is 0 Å². The fourth-order valence-corrected chi connectivity index (χ4v) is 3.36. The zero-order chi connectivity index (χ0) is 17.3. The predicted octanol–water partition coefficient (Wildman–Crippen LogP) is 2.57. The maximum atomic E-state index is 12.8. The van der Waals surface area contributed by atoms with Crippen molar-refractivity contribution in [1.29, 1.82) is 0 Å². The van der Waals surface area contributed by atoms with E-state index < -0.39 is 11.4 Å². The smallest absolute Gasteiger partial charge is 0.316 e. The van der Waals surface area contributed by atoms with E-state index in [0.29, 0.717) is 24.2 Å². The number of carboxylic acid groups (broad SMARTS) is 1. The minimum atomic E-state index is -1.04. The summed E-state index contributed by atoms with van der Waals surface area (Å²) in [6.07, 6.45) is 0.413. The summed E-state index contributed by atoms with van der Waals surface area (Å²) >= 11 is 0. The van der Waals surface area contributed by atoms with Crippen molar-refractivity contribution in [3.63, 3.8) is 0 Å². The Labute approximate surface area is 140 Å². The first-order chi connectivity index (χ1) is 11.4. The van der Waals surface area contributed by atoms with Crippen LogP contribution in [0.15, 0.2) is 42.5 Å². The molecular formula is C19H20N2O3. The molecule has 1 aliphatic heterocycles. The van der Waals surface area contributed by atoms with Gasteiger partial charge in [-0.05, 0) is 38.0 Å². The number of rotatable bonds is 3. The molecule has 5 heteroatoms. The lowest BCUT2D eigenvalue weighted by molar-refractivity contribution is -0.143. The van der Waals surface area contributed by atoms with Crippen LogP contribution in [0.5, 0.6) is 0 Å². The molecule has 24 heavy (non-hydrogen) atoms. The molecule has 5 nitrogen and oxygen atoms in total. The van der Waals surface area contributed by atoms with Crippen molar-refractivity contribution < 1.29 is 14.7 Å². The Morgan fingerprint density at radius 2 is 1.83 bits per heavy atom. The maximum absolute atomic E-state index is 12.8. The van der Waals surface area contributed by atoms with Crippen LogP contribution in [0.1, 0.15) is 33.7 Å². The quantitative estimate of drug-likeness (QED) is 0.942. The Bertz CT molecular complexity index is 788. The third kappa shape index (κ3) is 2.66. The molecule has 0 aliphatic carbocycles. The van der Waals surface area contributed by atoms with Crippen molar-refractivity contribution in [3.05, 3.63) is 65.0 Å². The van der Waals surface area contributed by atoms with Gasteiger partial charge in [0.2, 0.25) is 0 Å². The van der Waals surface area contributed by atoms with Crippen molar-refractivity contribution in [2.75, 3.05) is 13.1 Å². The number of likely N-dealkylation sites (tertiary alicyclic amines) is 1. The highest BCUT2D eigenvalue weighted by atomic mass is 16.4. The van der Waals surface area contributed by atoms with Crippen LogP contribution in [-0.2, 0) is 10.2 Å². The highest BCUT2D eigenvalue weighted by Gasteiger charge is 2.47. The number of carboxylic acids is 1. The lowest BCUT2D eigenvalue weighted by atomic mass is 9.80. The fraction of sp³-hybridized carbons (Fsp3) is 0.316. The van der Waals surface area contributed by atoms with E-state index in [-0.39, 0.29) is 12.5 Å². The van der Waals surface area contributed by atoms with E-state index in [1.807, 2.05) is 37.3 Å². The van der Waals surface area contributed by atoms with Crippen molar-refractivity contribution in [2.45, 2.75) is 25.7 Å². The number of aliphatic carboxylic acids is 1. The van der Waals surface area contributed by atoms with Gasteiger partial charge in [-0.2, -0.15) is 0 Å². The second-order valence-electron chi connectivity index (χ2n) is 6.32. The molecule has 0 saturated carbocycles. The predicted molar refractivity (Wildman–Crippen MR) is 90.0 cm³/mol. The van der Waals surface area contributed by atoms with E-state index in [2.05, 4.69) is 4.98 Å². The van der Waals surface area contributed by atoms with Gasteiger partial charge in [0.1, 0.15) is 5.41 Å². The van der Waals surface area contributed by atoms with Gasteiger partial charge in [0.15, 0.2) is 0 Å². The number of hydrogen-bond donors (Lipinski definition) is 1. The first-order valence-corrected chi connectivity index (χ1v) is 7.96. The Morgan fingerprint density at radius 3 is 2.46 bits per heavy atom. The normalized spacial score (nSPS) is 20.2. The van der Waals surface area contributed by atoms with Gasteiger partial charge in [0, 0.05) is 18.8 Å². The minimum Gasteiger partial charge on any atom is -0.481 e. The topological polar surface area (TPSA) is 70.5 Å². The van der Waals surface area contributed by atoms with Crippen molar-refractivity contribution >= 4 is 11.9 Å². The molecule has 3 rings (SSSR count). The van der Waals surface area contributed by atoms with Gasteiger partial charge in [-0.1, -0.05) is 30.3 Å². The summed E-state index contributed by atoms with van der Waals surface area (Å²) in [5, 5.41) is 9.83. The Morgan fingerprint density at radius 1 is 1.12 bits per heavy atom. The number of carbonyl (C=O) groups excluding carboxylic acids is 1. The van der Waals surface area contributed by atoms with Crippen LogP contribution in [-0.4, -0.2) is 40.0 Å². The van der Waals surface area contributed by atoms with E-state index in [1.165, 1.54) is 0 Å². The molecule has 0 radical (unpaired) electrons. The van der Waals surface area contributed by atoms with Crippen LogP contribution in [0.4, 0.5) is 0 Å². The first kappa shape index (κ1) is 16.2. The second-order valence-corrected chi connectivity index (χ2v) is 6.32. The molecule has 1 aromatic carbocycles. The highest BCUT2D eigenvalue weighted by molar-refractivity contribution is 5.96. The number of nitrogens with zero attached hydrogens (tertiary/aromatic N) is 2. The number of aryl methyl sites for hydroxylation is 2. The number of amides is 1. The minimum absolute atomic E-state index is 0.154. The monoisotopic (exact) mass is 324 g/mol. The highest BCUT2D eigenvalue weighted by Crippen LogP contribution is 2.35. The summed E-state index contributed by atoms with van der Waals surface area (Å²) in [5.74, 6) is -1.04.